The standard InChI is InChI=1S/C20H26FN3O5/c1-20(2,3)29-19(28)22-8-9-23-14(11-22)12-24(18(23)27)16-6-4-13(10-15(16)21)5-7-17(25)26/h4,6,10,14H,5,7-9,11-12H2,1-3H3,(H,25,26)/t14-/m0/s1. The van der Waals surface area contributed by atoms with E-state index in [-0.39, 0.29) is 37.1 Å². The largest absolute Gasteiger partial charge is 0.481 e. The number of hydrogen-bond donors (Lipinski definition) is 1. The molecule has 3 rings (SSSR count). The van der Waals surface area contributed by atoms with Crippen molar-refractivity contribution < 1.29 is 28.6 Å². The summed E-state index contributed by atoms with van der Waals surface area (Å²) in [5.41, 5.74) is 0.124. The van der Waals surface area contributed by atoms with E-state index >= 15 is 0 Å². The fourth-order valence-corrected chi connectivity index (χ4v) is 3.58. The number of piperazine rings is 1. The van der Waals surface area contributed by atoms with Gasteiger partial charge in [0.1, 0.15) is 11.4 Å². The third-order valence-corrected chi connectivity index (χ3v) is 4.93. The molecule has 1 aromatic carbocycles. The summed E-state index contributed by atoms with van der Waals surface area (Å²) in [7, 11) is 0. The van der Waals surface area contributed by atoms with Gasteiger partial charge in [-0.3, -0.25) is 9.69 Å². The molecule has 2 aliphatic heterocycles. The number of hydrogen-bond acceptors (Lipinski definition) is 4. The first-order valence-corrected chi connectivity index (χ1v) is 9.61. The van der Waals surface area contributed by atoms with Crippen molar-refractivity contribution in [3.63, 3.8) is 0 Å². The molecule has 1 N–H and O–H groups in total. The number of rotatable bonds is 4. The van der Waals surface area contributed by atoms with Gasteiger partial charge in [-0.1, -0.05) is 6.07 Å². The molecule has 1 atom stereocenters. The van der Waals surface area contributed by atoms with Crippen LogP contribution < -0.4 is 4.90 Å². The van der Waals surface area contributed by atoms with E-state index in [1.54, 1.807) is 36.6 Å². The van der Waals surface area contributed by atoms with Gasteiger partial charge in [0.25, 0.3) is 0 Å². The predicted molar refractivity (Wildman–Crippen MR) is 103 cm³/mol. The van der Waals surface area contributed by atoms with E-state index in [4.69, 9.17) is 9.84 Å². The van der Waals surface area contributed by atoms with E-state index in [1.807, 2.05) is 0 Å². The highest BCUT2D eigenvalue weighted by Crippen LogP contribution is 2.29. The summed E-state index contributed by atoms with van der Waals surface area (Å²) in [6.07, 6.45) is -0.283. The van der Waals surface area contributed by atoms with Crippen LogP contribution >= 0.6 is 0 Å². The highest BCUT2D eigenvalue weighted by Gasteiger charge is 2.43. The van der Waals surface area contributed by atoms with E-state index in [1.165, 1.54) is 17.0 Å². The Morgan fingerprint density at radius 3 is 2.59 bits per heavy atom. The Morgan fingerprint density at radius 2 is 1.97 bits per heavy atom. The Balaban J connectivity index is 1.69. The number of carboxylic acids is 1. The maximum atomic E-state index is 14.6. The van der Waals surface area contributed by atoms with Gasteiger partial charge >= 0.3 is 18.1 Å². The minimum atomic E-state index is -0.948. The van der Waals surface area contributed by atoms with Crippen LogP contribution in [-0.2, 0) is 16.0 Å². The second kappa shape index (κ2) is 7.88. The first kappa shape index (κ1) is 20.9. The van der Waals surface area contributed by atoms with Crippen molar-refractivity contribution in [3.8, 4) is 0 Å². The second-order valence-electron chi connectivity index (χ2n) is 8.35. The molecule has 2 saturated heterocycles. The lowest BCUT2D eigenvalue weighted by Crippen LogP contribution is -2.54. The van der Waals surface area contributed by atoms with Crippen molar-refractivity contribution in [3.05, 3.63) is 29.6 Å². The molecule has 29 heavy (non-hydrogen) atoms. The number of halogens is 1. The molecule has 0 aromatic heterocycles. The quantitative estimate of drug-likeness (QED) is 0.829. The lowest BCUT2D eigenvalue weighted by molar-refractivity contribution is -0.136. The van der Waals surface area contributed by atoms with E-state index in [2.05, 4.69) is 0 Å². The molecule has 0 saturated carbocycles. The van der Waals surface area contributed by atoms with Crippen LogP contribution in [0.1, 0.15) is 32.8 Å². The summed E-state index contributed by atoms with van der Waals surface area (Å²) >= 11 is 0. The van der Waals surface area contributed by atoms with Crippen LogP contribution in [0.4, 0.5) is 19.7 Å². The smallest absolute Gasteiger partial charge is 0.410 e. The van der Waals surface area contributed by atoms with E-state index in [0.717, 1.165) is 0 Å². The van der Waals surface area contributed by atoms with Crippen LogP contribution in [0.5, 0.6) is 0 Å². The fourth-order valence-electron chi connectivity index (χ4n) is 3.58. The Hall–Kier alpha value is -2.84. The zero-order valence-electron chi connectivity index (χ0n) is 16.9. The first-order chi connectivity index (χ1) is 13.5. The molecule has 2 fully saturated rings. The molecule has 8 nitrogen and oxygen atoms in total. The minimum Gasteiger partial charge on any atom is -0.481 e. The average molecular weight is 407 g/mol. The van der Waals surface area contributed by atoms with Crippen LogP contribution in [0.15, 0.2) is 18.2 Å². The third-order valence-electron chi connectivity index (χ3n) is 4.93. The molecular weight excluding hydrogens is 381 g/mol. The predicted octanol–water partition coefficient (Wildman–Crippen LogP) is 2.70. The van der Waals surface area contributed by atoms with Crippen molar-refractivity contribution in [2.24, 2.45) is 0 Å². The molecule has 3 amide bonds. The van der Waals surface area contributed by atoms with Crippen LogP contribution in [0.2, 0.25) is 0 Å². The number of aryl methyl sites for hydroxylation is 1. The van der Waals surface area contributed by atoms with Gasteiger partial charge < -0.3 is 19.6 Å². The van der Waals surface area contributed by atoms with Gasteiger partial charge in [-0.15, -0.1) is 0 Å². The molecular formula is C20H26FN3O5. The molecule has 0 aliphatic carbocycles. The maximum absolute atomic E-state index is 14.6. The summed E-state index contributed by atoms with van der Waals surface area (Å²) in [6.45, 7) is 6.71. The maximum Gasteiger partial charge on any atom is 0.410 e. The highest BCUT2D eigenvalue weighted by molar-refractivity contribution is 5.95. The number of aliphatic carboxylic acids is 1. The molecule has 0 bridgehead atoms. The summed E-state index contributed by atoms with van der Waals surface area (Å²) in [6, 6.07) is 3.88. The number of amides is 3. The third kappa shape index (κ3) is 4.78. The van der Waals surface area contributed by atoms with Gasteiger partial charge in [-0.25, -0.2) is 14.0 Å². The summed E-state index contributed by atoms with van der Waals surface area (Å²) in [4.78, 5) is 40.4. The van der Waals surface area contributed by atoms with Crippen molar-refractivity contribution in [2.75, 3.05) is 31.1 Å². The first-order valence-electron chi connectivity index (χ1n) is 9.61. The Bertz CT molecular complexity index is 823. The van der Waals surface area contributed by atoms with Gasteiger partial charge in [-0.2, -0.15) is 0 Å². The van der Waals surface area contributed by atoms with E-state index in [9.17, 15) is 18.8 Å². The molecule has 9 heteroatoms. The number of carbonyl (C=O) groups is 3. The van der Waals surface area contributed by atoms with Gasteiger partial charge in [-0.05, 0) is 44.9 Å². The van der Waals surface area contributed by atoms with Crippen LogP contribution in [0, 0.1) is 5.82 Å². The number of benzene rings is 1. The summed E-state index contributed by atoms with van der Waals surface area (Å²) in [5, 5.41) is 8.76. The van der Waals surface area contributed by atoms with Gasteiger partial charge in [0, 0.05) is 26.1 Å². The number of carbonyl (C=O) groups excluding carboxylic acids is 2. The summed E-state index contributed by atoms with van der Waals surface area (Å²) < 4.78 is 20.0. The fraction of sp³-hybridized carbons (Fsp3) is 0.550. The van der Waals surface area contributed by atoms with Crippen molar-refractivity contribution in [1.82, 2.24) is 9.80 Å². The highest BCUT2D eigenvalue weighted by atomic mass is 19.1. The minimum absolute atomic E-state index is 0.0855. The van der Waals surface area contributed by atoms with Gasteiger partial charge in [0.15, 0.2) is 0 Å². The van der Waals surface area contributed by atoms with Crippen molar-refractivity contribution >= 4 is 23.8 Å². The number of carboxylic acid groups (broad SMARTS) is 1. The number of ether oxygens (including phenoxy) is 1. The van der Waals surface area contributed by atoms with E-state index < -0.39 is 23.5 Å². The van der Waals surface area contributed by atoms with Crippen LogP contribution in [0.25, 0.3) is 0 Å². The molecule has 2 heterocycles. The number of anilines is 1. The van der Waals surface area contributed by atoms with E-state index in [0.29, 0.717) is 25.2 Å². The molecule has 0 unspecified atom stereocenters. The lowest BCUT2D eigenvalue weighted by Gasteiger charge is -2.36. The lowest BCUT2D eigenvalue weighted by atomic mass is 10.1. The number of nitrogens with zero attached hydrogens (tertiary/aromatic N) is 3. The zero-order valence-corrected chi connectivity index (χ0v) is 16.9. The molecule has 2 aliphatic rings. The zero-order chi connectivity index (χ0) is 21.3. The van der Waals surface area contributed by atoms with Crippen molar-refractivity contribution in [1.29, 1.82) is 0 Å². The Morgan fingerprint density at radius 1 is 1.24 bits per heavy atom. The Labute approximate surface area is 168 Å². The SMILES string of the molecule is CC(C)(C)OC(=O)N1CCN2C(=O)N(c3ccc(CCC(=O)O)cc3F)C[C@@H]2C1. The topological polar surface area (TPSA) is 90.4 Å². The second-order valence-corrected chi connectivity index (χ2v) is 8.35. The van der Waals surface area contributed by atoms with Crippen molar-refractivity contribution in [2.45, 2.75) is 45.3 Å². The Kier molecular flexibility index (Phi) is 5.68. The molecule has 1 aromatic rings. The monoisotopic (exact) mass is 407 g/mol. The molecule has 0 spiro atoms. The molecule has 0 radical (unpaired) electrons. The number of urea groups is 1. The van der Waals surface area contributed by atoms with Crippen LogP contribution in [-0.4, -0.2) is 70.8 Å². The number of fused-ring (bicyclic) bond motifs is 1. The average Bonchev–Trinajstić information content (AvgIpc) is 2.94. The van der Waals surface area contributed by atoms with Gasteiger partial charge in [0.05, 0.1) is 18.3 Å². The van der Waals surface area contributed by atoms with Crippen LogP contribution in [0.3, 0.4) is 0 Å². The van der Waals surface area contributed by atoms with Gasteiger partial charge in [0.2, 0.25) is 0 Å². The molecule has 158 valence electrons. The normalized spacial score (nSPS) is 19.4. The summed E-state index contributed by atoms with van der Waals surface area (Å²) in [5.74, 6) is -1.51.